The van der Waals surface area contributed by atoms with Gasteiger partial charge in [0.25, 0.3) is 5.91 Å². The van der Waals surface area contributed by atoms with Gasteiger partial charge in [0.05, 0.1) is 12.1 Å². The van der Waals surface area contributed by atoms with Crippen molar-refractivity contribution in [2.75, 3.05) is 13.1 Å². The first-order valence-corrected chi connectivity index (χ1v) is 9.28. The summed E-state index contributed by atoms with van der Waals surface area (Å²) in [6.45, 7) is 6.70. The molecule has 0 saturated carbocycles. The molecule has 0 bridgehead atoms. The number of fused-ring (bicyclic) bond motifs is 1. The Morgan fingerprint density at radius 3 is 2.58 bits per heavy atom. The van der Waals surface area contributed by atoms with Gasteiger partial charge in [-0.1, -0.05) is 42.0 Å². The summed E-state index contributed by atoms with van der Waals surface area (Å²) in [6, 6.07) is 14.2. The van der Waals surface area contributed by atoms with Gasteiger partial charge >= 0.3 is 0 Å². The molecule has 0 radical (unpaired) electrons. The SMILES string of the molecule is Cc1ccc(Cn2nnc3cc(C(=O)N4CCC(C)CC4)ccc32)cc1. The van der Waals surface area contributed by atoms with Gasteiger partial charge in [0, 0.05) is 18.7 Å². The van der Waals surface area contributed by atoms with E-state index in [2.05, 4.69) is 48.4 Å². The van der Waals surface area contributed by atoms with Crippen LogP contribution in [0.5, 0.6) is 0 Å². The number of hydrogen-bond donors (Lipinski definition) is 0. The molecule has 3 aromatic rings. The van der Waals surface area contributed by atoms with E-state index in [1.165, 1.54) is 11.1 Å². The number of rotatable bonds is 3. The van der Waals surface area contributed by atoms with Crippen molar-refractivity contribution in [2.45, 2.75) is 33.2 Å². The van der Waals surface area contributed by atoms with Crippen molar-refractivity contribution in [3.05, 3.63) is 59.2 Å². The first-order chi connectivity index (χ1) is 12.6. The smallest absolute Gasteiger partial charge is 0.253 e. The Hall–Kier alpha value is -2.69. The lowest BCUT2D eigenvalue weighted by atomic mass is 9.98. The highest BCUT2D eigenvalue weighted by molar-refractivity contribution is 5.97. The van der Waals surface area contributed by atoms with Crippen LogP contribution in [0.25, 0.3) is 11.0 Å². The lowest BCUT2D eigenvalue weighted by molar-refractivity contribution is 0.0697. The highest BCUT2D eigenvalue weighted by atomic mass is 16.2. The Kier molecular flexibility index (Phi) is 4.45. The molecule has 0 spiro atoms. The van der Waals surface area contributed by atoms with Crippen LogP contribution in [0.3, 0.4) is 0 Å². The predicted molar refractivity (Wildman–Crippen MR) is 102 cm³/mol. The number of aryl methyl sites for hydroxylation is 1. The molecule has 4 rings (SSSR count). The maximum atomic E-state index is 12.8. The van der Waals surface area contributed by atoms with Crippen molar-refractivity contribution in [3.63, 3.8) is 0 Å². The number of benzene rings is 2. The average molecular weight is 348 g/mol. The Labute approximate surface area is 153 Å². The summed E-state index contributed by atoms with van der Waals surface area (Å²) < 4.78 is 1.89. The quantitative estimate of drug-likeness (QED) is 0.726. The van der Waals surface area contributed by atoms with Crippen LogP contribution in [0.4, 0.5) is 0 Å². The Morgan fingerprint density at radius 2 is 1.85 bits per heavy atom. The Balaban J connectivity index is 1.55. The van der Waals surface area contributed by atoms with E-state index in [1.54, 1.807) is 0 Å². The lowest BCUT2D eigenvalue weighted by Crippen LogP contribution is -2.37. The number of amides is 1. The molecule has 5 heteroatoms. The molecule has 1 fully saturated rings. The van der Waals surface area contributed by atoms with Crippen molar-refractivity contribution in [1.82, 2.24) is 19.9 Å². The van der Waals surface area contributed by atoms with E-state index in [0.29, 0.717) is 18.0 Å². The fourth-order valence-electron chi connectivity index (χ4n) is 3.48. The van der Waals surface area contributed by atoms with Crippen LogP contribution in [0.15, 0.2) is 42.5 Å². The van der Waals surface area contributed by atoms with Crippen molar-refractivity contribution < 1.29 is 4.79 Å². The molecule has 1 aliphatic rings. The van der Waals surface area contributed by atoms with E-state index < -0.39 is 0 Å². The van der Waals surface area contributed by atoms with Crippen LogP contribution in [-0.2, 0) is 6.54 Å². The van der Waals surface area contributed by atoms with Crippen molar-refractivity contribution >= 4 is 16.9 Å². The van der Waals surface area contributed by atoms with E-state index in [9.17, 15) is 4.79 Å². The van der Waals surface area contributed by atoms with Gasteiger partial charge in [-0.25, -0.2) is 4.68 Å². The minimum atomic E-state index is 0.104. The maximum Gasteiger partial charge on any atom is 0.253 e. The molecule has 0 aliphatic carbocycles. The van der Waals surface area contributed by atoms with Crippen LogP contribution < -0.4 is 0 Å². The minimum absolute atomic E-state index is 0.104. The molecule has 5 nitrogen and oxygen atoms in total. The van der Waals surface area contributed by atoms with E-state index in [4.69, 9.17) is 0 Å². The number of carbonyl (C=O) groups excluding carboxylic acids is 1. The summed E-state index contributed by atoms with van der Waals surface area (Å²) in [4.78, 5) is 14.7. The van der Waals surface area contributed by atoms with Gasteiger partial charge in [-0.15, -0.1) is 5.10 Å². The van der Waals surface area contributed by atoms with Crippen LogP contribution >= 0.6 is 0 Å². The zero-order valence-corrected chi connectivity index (χ0v) is 15.4. The number of nitrogens with zero attached hydrogens (tertiary/aromatic N) is 4. The first kappa shape index (κ1) is 16.8. The lowest BCUT2D eigenvalue weighted by Gasteiger charge is -2.30. The van der Waals surface area contributed by atoms with E-state index in [0.717, 1.165) is 37.0 Å². The van der Waals surface area contributed by atoms with Gasteiger partial charge < -0.3 is 4.90 Å². The predicted octanol–water partition coefficient (Wildman–Crippen LogP) is 3.66. The van der Waals surface area contributed by atoms with E-state index in [-0.39, 0.29) is 5.91 Å². The van der Waals surface area contributed by atoms with Crippen molar-refractivity contribution in [1.29, 1.82) is 0 Å². The summed E-state index contributed by atoms with van der Waals surface area (Å²) >= 11 is 0. The minimum Gasteiger partial charge on any atom is -0.339 e. The fourth-order valence-corrected chi connectivity index (χ4v) is 3.48. The van der Waals surface area contributed by atoms with Gasteiger partial charge in [0.1, 0.15) is 5.52 Å². The highest BCUT2D eigenvalue weighted by Crippen LogP contribution is 2.20. The van der Waals surface area contributed by atoms with Crippen LogP contribution in [0.2, 0.25) is 0 Å². The molecule has 1 aromatic heterocycles. The van der Waals surface area contributed by atoms with Crippen molar-refractivity contribution in [3.8, 4) is 0 Å². The Morgan fingerprint density at radius 1 is 1.12 bits per heavy atom. The summed E-state index contributed by atoms with van der Waals surface area (Å²) in [5.41, 5.74) is 4.86. The Bertz CT molecular complexity index is 921. The number of aromatic nitrogens is 3. The second-order valence-corrected chi connectivity index (χ2v) is 7.41. The standard InChI is InChI=1S/C21H24N4O/c1-15-3-5-17(6-4-15)14-25-20-8-7-18(13-19(20)22-23-25)21(26)24-11-9-16(2)10-12-24/h3-8,13,16H,9-12,14H2,1-2H3. The molecule has 134 valence electrons. The molecule has 0 N–H and O–H groups in total. The molecule has 1 amide bonds. The molecular weight excluding hydrogens is 324 g/mol. The van der Waals surface area contributed by atoms with Crippen LogP contribution in [-0.4, -0.2) is 38.9 Å². The maximum absolute atomic E-state index is 12.8. The van der Waals surface area contributed by atoms with Gasteiger partial charge in [0.15, 0.2) is 0 Å². The fraction of sp³-hybridized carbons (Fsp3) is 0.381. The number of hydrogen-bond acceptors (Lipinski definition) is 3. The normalized spacial score (nSPS) is 15.5. The zero-order valence-electron chi connectivity index (χ0n) is 15.4. The largest absolute Gasteiger partial charge is 0.339 e. The van der Waals surface area contributed by atoms with Gasteiger partial charge in [0.2, 0.25) is 0 Å². The van der Waals surface area contributed by atoms with Crippen molar-refractivity contribution in [2.24, 2.45) is 5.92 Å². The second-order valence-electron chi connectivity index (χ2n) is 7.41. The summed E-state index contributed by atoms with van der Waals surface area (Å²) in [5, 5.41) is 8.55. The first-order valence-electron chi connectivity index (χ1n) is 9.28. The van der Waals surface area contributed by atoms with Gasteiger partial charge in [-0.2, -0.15) is 0 Å². The van der Waals surface area contributed by atoms with Gasteiger partial charge in [-0.05, 0) is 49.4 Å². The highest BCUT2D eigenvalue weighted by Gasteiger charge is 2.22. The molecule has 0 atom stereocenters. The third kappa shape index (κ3) is 3.34. The molecular formula is C21H24N4O. The second kappa shape index (κ2) is 6.90. The molecule has 1 aliphatic heterocycles. The third-order valence-electron chi connectivity index (χ3n) is 5.28. The topological polar surface area (TPSA) is 51.0 Å². The summed E-state index contributed by atoms with van der Waals surface area (Å²) in [5.74, 6) is 0.815. The zero-order chi connectivity index (χ0) is 18.1. The number of carbonyl (C=O) groups is 1. The van der Waals surface area contributed by atoms with Crippen LogP contribution in [0.1, 0.15) is 41.3 Å². The van der Waals surface area contributed by atoms with Gasteiger partial charge in [-0.3, -0.25) is 4.79 Å². The molecule has 1 saturated heterocycles. The van der Waals surface area contributed by atoms with E-state index >= 15 is 0 Å². The number of likely N-dealkylation sites (tertiary alicyclic amines) is 1. The van der Waals surface area contributed by atoms with E-state index in [1.807, 2.05) is 27.8 Å². The summed E-state index contributed by atoms with van der Waals surface area (Å²) in [7, 11) is 0. The molecule has 2 heterocycles. The monoisotopic (exact) mass is 348 g/mol. The molecule has 0 unspecified atom stereocenters. The molecule has 26 heavy (non-hydrogen) atoms. The third-order valence-corrected chi connectivity index (χ3v) is 5.28. The average Bonchev–Trinajstić information content (AvgIpc) is 3.06. The van der Waals surface area contributed by atoms with Crippen LogP contribution in [0, 0.1) is 12.8 Å². The summed E-state index contributed by atoms with van der Waals surface area (Å²) in [6.07, 6.45) is 2.17. The number of piperidine rings is 1. The molecule has 2 aromatic carbocycles.